The first-order valence-electron chi connectivity index (χ1n) is 7.21. The Morgan fingerprint density at radius 3 is 2.59 bits per heavy atom. The molecular formula is C16H25N. The highest BCUT2D eigenvalue weighted by Gasteiger charge is 2.53. The predicted molar refractivity (Wildman–Crippen MR) is 72.6 cm³/mol. The minimum Gasteiger partial charge on any atom is -0.370 e. The number of allylic oxidation sites excluding steroid dienone is 3. The van der Waals surface area contributed by atoms with Crippen LogP contribution in [0.15, 0.2) is 23.4 Å². The summed E-state index contributed by atoms with van der Waals surface area (Å²) in [5.41, 5.74) is 3.85. The second-order valence-corrected chi connectivity index (χ2v) is 6.88. The Morgan fingerprint density at radius 1 is 1.29 bits per heavy atom. The van der Waals surface area contributed by atoms with Gasteiger partial charge in [-0.25, -0.2) is 0 Å². The van der Waals surface area contributed by atoms with Gasteiger partial charge in [-0.2, -0.15) is 0 Å². The molecule has 17 heavy (non-hydrogen) atoms. The fourth-order valence-corrected chi connectivity index (χ4v) is 3.86. The van der Waals surface area contributed by atoms with Crippen molar-refractivity contribution in [1.82, 2.24) is 4.90 Å². The van der Waals surface area contributed by atoms with Crippen LogP contribution in [0.4, 0.5) is 0 Å². The Labute approximate surface area is 106 Å². The van der Waals surface area contributed by atoms with Gasteiger partial charge in [0.15, 0.2) is 0 Å². The van der Waals surface area contributed by atoms with Crippen LogP contribution in [0.5, 0.6) is 0 Å². The third-order valence-electron chi connectivity index (χ3n) is 5.13. The highest BCUT2D eigenvalue weighted by Crippen LogP contribution is 2.55. The zero-order chi connectivity index (χ0) is 12.0. The molecule has 1 saturated carbocycles. The van der Waals surface area contributed by atoms with Gasteiger partial charge in [0.1, 0.15) is 0 Å². The molecule has 0 aromatic rings. The van der Waals surface area contributed by atoms with E-state index in [1.807, 2.05) is 0 Å². The molecule has 0 radical (unpaired) electrons. The number of hydrogen-bond donors (Lipinski definition) is 0. The molecule has 1 saturated heterocycles. The van der Waals surface area contributed by atoms with Crippen molar-refractivity contribution in [2.75, 3.05) is 13.1 Å². The van der Waals surface area contributed by atoms with Crippen molar-refractivity contribution in [2.24, 2.45) is 17.3 Å². The second-order valence-electron chi connectivity index (χ2n) is 6.88. The van der Waals surface area contributed by atoms with Crippen LogP contribution in [0.2, 0.25) is 0 Å². The molecule has 1 aliphatic heterocycles. The SMILES string of the molecule is CC1=C(N2CC3(CC(C(C)C)C3)C2)C=CCC1. The zero-order valence-electron chi connectivity index (χ0n) is 11.5. The standard InChI is InChI=1S/C16H25N/c1-12(2)14-8-16(9-14)10-17(11-16)15-7-5-4-6-13(15)3/h5,7,12,14H,4,6,8-11H2,1-3H3. The third-order valence-corrected chi connectivity index (χ3v) is 5.13. The van der Waals surface area contributed by atoms with E-state index in [4.69, 9.17) is 0 Å². The van der Waals surface area contributed by atoms with Crippen molar-refractivity contribution in [1.29, 1.82) is 0 Å². The van der Waals surface area contributed by atoms with Crippen LogP contribution >= 0.6 is 0 Å². The van der Waals surface area contributed by atoms with E-state index in [-0.39, 0.29) is 0 Å². The molecule has 1 heterocycles. The highest BCUT2D eigenvalue weighted by atomic mass is 15.2. The third kappa shape index (κ3) is 1.84. The van der Waals surface area contributed by atoms with Crippen LogP contribution in [0.3, 0.4) is 0 Å². The van der Waals surface area contributed by atoms with Crippen molar-refractivity contribution in [3.63, 3.8) is 0 Å². The van der Waals surface area contributed by atoms with Crippen molar-refractivity contribution >= 4 is 0 Å². The average Bonchev–Trinajstić information content (AvgIpc) is 2.15. The number of rotatable bonds is 2. The molecule has 0 atom stereocenters. The lowest BCUT2D eigenvalue weighted by Crippen LogP contribution is -2.62. The Bertz CT molecular complexity index is 361. The summed E-state index contributed by atoms with van der Waals surface area (Å²) in [6, 6.07) is 0. The van der Waals surface area contributed by atoms with Crippen molar-refractivity contribution in [3.8, 4) is 0 Å². The molecule has 0 aromatic carbocycles. The van der Waals surface area contributed by atoms with Crippen LogP contribution < -0.4 is 0 Å². The van der Waals surface area contributed by atoms with Gasteiger partial charge < -0.3 is 4.90 Å². The smallest absolute Gasteiger partial charge is 0.0352 e. The molecule has 1 spiro atoms. The molecular weight excluding hydrogens is 206 g/mol. The monoisotopic (exact) mass is 231 g/mol. The maximum absolute atomic E-state index is 2.61. The molecule has 0 aromatic heterocycles. The van der Waals surface area contributed by atoms with E-state index in [1.165, 1.54) is 44.5 Å². The van der Waals surface area contributed by atoms with E-state index in [0.29, 0.717) is 5.41 Å². The topological polar surface area (TPSA) is 3.24 Å². The summed E-state index contributed by atoms with van der Waals surface area (Å²) < 4.78 is 0. The molecule has 1 heteroatoms. The Hall–Kier alpha value is -0.720. The molecule has 0 N–H and O–H groups in total. The van der Waals surface area contributed by atoms with E-state index < -0.39 is 0 Å². The van der Waals surface area contributed by atoms with Crippen molar-refractivity contribution in [2.45, 2.75) is 46.5 Å². The fourth-order valence-electron chi connectivity index (χ4n) is 3.86. The Morgan fingerprint density at radius 2 is 2.00 bits per heavy atom. The normalized spacial score (nSPS) is 27.6. The van der Waals surface area contributed by atoms with Gasteiger partial charge in [-0.3, -0.25) is 0 Å². The largest absolute Gasteiger partial charge is 0.370 e. The molecule has 3 aliphatic rings. The first-order valence-corrected chi connectivity index (χ1v) is 7.21. The molecule has 0 bridgehead atoms. The lowest BCUT2D eigenvalue weighted by Gasteiger charge is -2.61. The predicted octanol–water partition coefficient (Wildman–Crippen LogP) is 3.98. The first kappa shape index (κ1) is 11.4. The van der Waals surface area contributed by atoms with Crippen LogP contribution in [-0.2, 0) is 0 Å². The van der Waals surface area contributed by atoms with Gasteiger partial charge in [-0.15, -0.1) is 0 Å². The van der Waals surface area contributed by atoms with E-state index >= 15 is 0 Å². The van der Waals surface area contributed by atoms with Gasteiger partial charge >= 0.3 is 0 Å². The quantitative estimate of drug-likeness (QED) is 0.695. The van der Waals surface area contributed by atoms with Crippen LogP contribution in [0, 0.1) is 17.3 Å². The van der Waals surface area contributed by atoms with Crippen LogP contribution in [-0.4, -0.2) is 18.0 Å². The molecule has 3 rings (SSSR count). The lowest BCUT2D eigenvalue weighted by molar-refractivity contribution is -0.0890. The minimum absolute atomic E-state index is 0.716. The summed E-state index contributed by atoms with van der Waals surface area (Å²) in [6.45, 7) is 9.72. The number of nitrogens with zero attached hydrogens (tertiary/aromatic N) is 1. The number of hydrogen-bond acceptors (Lipinski definition) is 1. The Kier molecular flexibility index (Phi) is 2.61. The van der Waals surface area contributed by atoms with E-state index in [1.54, 1.807) is 5.57 Å². The summed E-state index contributed by atoms with van der Waals surface area (Å²) in [5.74, 6) is 1.90. The van der Waals surface area contributed by atoms with Crippen molar-refractivity contribution < 1.29 is 0 Å². The maximum Gasteiger partial charge on any atom is 0.0352 e. The van der Waals surface area contributed by atoms with E-state index in [0.717, 1.165) is 11.8 Å². The van der Waals surface area contributed by atoms with Gasteiger partial charge in [0.25, 0.3) is 0 Å². The zero-order valence-corrected chi connectivity index (χ0v) is 11.5. The fraction of sp³-hybridized carbons (Fsp3) is 0.750. The van der Waals surface area contributed by atoms with Gasteiger partial charge in [0.05, 0.1) is 0 Å². The van der Waals surface area contributed by atoms with Crippen LogP contribution in [0.1, 0.15) is 46.5 Å². The van der Waals surface area contributed by atoms with Crippen LogP contribution in [0.25, 0.3) is 0 Å². The summed E-state index contributed by atoms with van der Waals surface area (Å²) in [5, 5.41) is 0. The Balaban J connectivity index is 1.58. The lowest BCUT2D eigenvalue weighted by atomic mass is 9.55. The first-order chi connectivity index (χ1) is 8.10. The molecule has 2 fully saturated rings. The van der Waals surface area contributed by atoms with Crippen molar-refractivity contribution in [3.05, 3.63) is 23.4 Å². The van der Waals surface area contributed by atoms with Gasteiger partial charge in [-0.05, 0) is 56.1 Å². The molecule has 0 unspecified atom stereocenters. The summed E-state index contributed by atoms with van der Waals surface area (Å²) >= 11 is 0. The highest BCUT2D eigenvalue weighted by molar-refractivity contribution is 5.30. The second kappa shape index (κ2) is 3.90. The maximum atomic E-state index is 2.61. The van der Waals surface area contributed by atoms with Gasteiger partial charge in [0, 0.05) is 24.2 Å². The average molecular weight is 231 g/mol. The molecule has 94 valence electrons. The summed E-state index contributed by atoms with van der Waals surface area (Å²) in [7, 11) is 0. The van der Waals surface area contributed by atoms with Gasteiger partial charge in [-0.1, -0.05) is 19.9 Å². The van der Waals surface area contributed by atoms with Gasteiger partial charge in [0.2, 0.25) is 0 Å². The number of likely N-dealkylation sites (tertiary alicyclic amines) is 1. The summed E-state index contributed by atoms with van der Waals surface area (Å²) in [6.07, 6.45) is 10.2. The van der Waals surface area contributed by atoms with E-state index in [9.17, 15) is 0 Å². The molecule has 1 nitrogen and oxygen atoms in total. The molecule has 2 aliphatic carbocycles. The summed E-state index contributed by atoms with van der Waals surface area (Å²) in [4.78, 5) is 2.61. The molecule has 0 amide bonds. The van der Waals surface area contributed by atoms with E-state index in [2.05, 4.69) is 37.8 Å². The minimum atomic E-state index is 0.716.